The first-order valence-corrected chi connectivity index (χ1v) is 8.52. The lowest BCUT2D eigenvalue weighted by atomic mass is 9.84. The number of nitrogens with zero attached hydrogens (tertiary/aromatic N) is 4. The number of nitrogens with two attached hydrogens (primary N) is 1. The van der Waals surface area contributed by atoms with Crippen LogP contribution in [0.3, 0.4) is 0 Å². The van der Waals surface area contributed by atoms with E-state index in [0.717, 1.165) is 23.5 Å². The SMILES string of the molecule is Cn1nc(N)c2ccc(C3CCCN(CC4CCC4)C3)nc21. The third-order valence-corrected chi connectivity index (χ3v) is 5.40. The predicted octanol–water partition coefficient (Wildman–Crippen LogP) is 2.53. The molecule has 1 saturated carbocycles. The fourth-order valence-electron chi connectivity index (χ4n) is 3.90. The maximum atomic E-state index is 5.92. The Hall–Kier alpha value is -1.62. The number of likely N-dealkylation sites (tertiary alicyclic amines) is 1. The Bertz CT molecular complexity index is 673. The van der Waals surface area contributed by atoms with Crippen LogP contribution in [0.25, 0.3) is 11.0 Å². The standard InChI is InChI=1S/C17H25N5/c1-21-17-14(16(18)20-21)7-8-15(19-17)13-6-3-9-22(11-13)10-12-4-2-5-12/h7-8,12-13H,2-6,9-11H2,1H3,(H2,18,20). The summed E-state index contributed by atoms with van der Waals surface area (Å²) >= 11 is 0. The van der Waals surface area contributed by atoms with E-state index in [2.05, 4.69) is 22.1 Å². The molecule has 2 aromatic heterocycles. The maximum Gasteiger partial charge on any atom is 0.159 e. The van der Waals surface area contributed by atoms with Crippen molar-refractivity contribution in [2.45, 2.75) is 38.0 Å². The van der Waals surface area contributed by atoms with E-state index in [4.69, 9.17) is 10.7 Å². The highest BCUT2D eigenvalue weighted by Crippen LogP contribution is 2.32. The van der Waals surface area contributed by atoms with Crippen LogP contribution in [-0.2, 0) is 7.05 Å². The average Bonchev–Trinajstić information content (AvgIpc) is 2.78. The molecule has 1 aliphatic heterocycles. The number of pyridine rings is 1. The van der Waals surface area contributed by atoms with E-state index in [1.165, 1.54) is 50.9 Å². The normalized spacial score (nSPS) is 23.8. The van der Waals surface area contributed by atoms with Gasteiger partial charge >= 0.3 is 0 Å². The molecule has 22 heavy (non-hydrogen) atoms. The van der Waals surface area contributed by atoms with E-state index in [9.17, 15) is 0 Å². The Morgan fingerprint density at radius 2 is 2.09 bits per heavy atom. The molecule has 0 bridgehead atoms. The lowest BCUT2D eigenvalue weighted by Gasteiger charge is -2.37. The van der Waals surface area contributed by atoms with Gasteiger partial charge in [0.25, 0.3) is 0 Å². The van der Waals surface area contributed by atoms with Crippen LogP contribution in [0.15, 0.2) is 12.1 Å². The number of aryl methyl sites for hydroxylation is 1. The Morgan fingerprint density at radius 3 is 2.86 bits per heavy atom. The van der Waals surface area contributed by atoms with Crippen LogP contribution in [0.4, 0.5) is 5.82 Å². The van der Waals surface area contributed by atoms with Crippen molar-refractivity contribution in [1.29, 1.82) is 0 Å². The molecular formula is C17H25N5. The molecule has 1 unspecified atom stereocenters. The molecule has 2 fully saturated rings. The van der Waals surface area contributed by atoms with Crippen molar-refractivity contribution >= 4 is 16.9 Å². The van der Waals surface area contributed by atoms with Crippen LogP contribution in [0.2, 0.25) is 0 Å². The summed E-state index contributed by atoms with van der Waals surface area (Å²) in [5, 5.41) is 5.24. The number of anilines is 1. The third kappa shape index (κ3) is 2.47. The lowest BCUT2D eigenvalue weighted by Crippen LogP contribution is -2.39. The van der Waals surface area contributed by atoms with Gasteiger partial charge in [-0.25, -0.2) is 9.67 Å². The first kappa shape index (κ1) is 14.0. The van der Waals surface area contributed by atoms with Gasteiger partial charge in [0.15, 0.2) is 11.5 Å². The zero-order chi connectivity index (χ0) is 15.1. The number of aromatic nitrogens is 3. The van der Waals surface area contributed by atoms with E-state index >= 15 is 0 Å². The molecule has 1 atom stereocenters. The van der Waals surface area contributed by atoms with E-state index in [0.29, 0.717) is 11.7 Å². The van der Waals surface area contributed by atoms with Crippen molar-refractivity contribution in [2.24, 2.45) is 13.0 Å². The van der Waals surface area contributed by atoms with Gasteiger partial charge < -0.3 is 10.6 Å². The number of rotatable bonds is 3. The van der Waals surface area contributed by atoms with Crippen LogP contribution in [0, 0.1) is 5.92 Å². The largest absolute Gasteiger partial charge is 0.382 e. The van der Waals surface area contributed by atoms with Gasteiger partial charge in [0.05, 0.1) is 5.39 Å². The third-order valence-electron chi connectivity index (χ3n) is 5.40. The van der Waals surface area contributed by atoms with Gasteiger partial charge in [-0.15, -0.1) is 0 Å². The van der Waals surface area contributed by atoms with Crippen LogP contribution in [0.1, 0.15) is 43.7 Å². The van der Waals surface area contributed by atoms with Crippen LogP contribution in [0.5, 0.6) is 0 Å². The van der Waals surface area contributed by atoms with E-state index in [1.807, 2.05) is 7.05 Å². The number of fused-ring (bicyclic) bond motifs is 1. The topological polar surface area (TPSA) is 60.0 Å². The quantitative estimate of drug-likeness (QED) is 0.946. The second-order valence-corrected chi connectivity index (χ2v) is 7.01. The second-order valence-electron chi connectivity index (χ2n) is 7.01. The lowest BCUT2D eigenvalue weighted by molar-refractivity contribution is 0.143. The first-order chi connectivity index (χ1) is 10.7. The van der Waals surface area contributed by atoms with Gasteiger partial charge in [-0.05, 0) is 50.3 Å². The molecule has 3 heterocycles. The summed E-state index contributed by atoms with van der Waals surface area (Å²) in [5.41, 5.74) is 8.04. The Labute approximate surface area is 131 Å². The molecule has 4 rings (SSSR count). The molecule has 2 aromatic rings. The molecule has 118 valence electrons. The molecule has 0 spiro atoms. The molecule has 0 aromatic carbocycles. The smallest absolute Gasteiger partial charge is 0.159 e. The highest BCUT2D eigenvalue weighted by atomic mass is 15.3. The maximum absolute atomic E-state index is 5.92. The summed E-state index contributed by atoms with van der Waals surface area (Å²) in [6, 6.07) is 4.24. The Balaban J connectivity index is 1.53. The zero-order valence-corrected chi connectivity index (χ0v) is 13.3. The van der Waals surface area contributed by atoms with Crippen LogP contribution < -0.4 is 5.73 Å². The minimum atomic E-state index is 0.550. The minimum Gasteiger partial charge on any atom is -0.382 e. The fraction of sp³-hybridized carbons (Fsp3) is 0.647. The predicted molar refractivity (Wildman–Crippen MR) is 88.7 cm³/mol. The van der Waals surface area contributed by atoms with Gasteiger partial charge in [-0.1, -0.05) is 6.42 Å². The monoisotopic (exact) mass is 299 g/mol. The molecule has 0 amide bonds. The molecule has 5 nitrogen and oxygen atoms in total. The van der Waals surface area contributed by atoms with Crippen molar-refractivity contribution < 1.29 is 0 Å². The average molecular weight is 299 g/mol. The Kier molecular flexibility index (Phi) is 3.53. The summed E-state index contributed by atoms with van der Waals surface area (Å²) in [6.07, 6.45) is 6.82. The van der Waals surface area contributed by atoms with E-state index < -0.39 is 0 Å². The molecule has 1 saturated heterocycles. The number of piperidine rings is 1. The van der Waals surface area contributed by atoms with Gasteiger partial charge in [0.1, 0.15) is 0 Å². The van der Waals surface area contributed by atoms with Crippen molar-refractivity contribution in [3.8, 4) is 0 Å². The summed E-state index contributed by atoms with van der Waals surface area (Å²) in [5.74, 6) is 2.08. The van der Waals surface area contributed by atoms with E-state index in [-0.39, 0.29) is 0 Å². The molecule has 1 aliphatic carbocycles. The fourth-order valence-corrected chi connectivity index (χ4v) is 3.90. The van der Waals surface area contributed by atoms with E-state index in [1.54, 1.807) is 4.68 Å². The number of nitrogen functional groups attached to an aromatic ring is 1. The molecule has 2 N–H and O–H groups in total. The first-order valence-electron chi connectivity index (χ1n) is 8.52. The van der Waals surface area contributed by atoms with Crippen molar-refractivity contribution in [3.05, 3.63) is 17.8 Å². The van der Waals surface area contributed by atoms with Gasteiger partial charge in [0.2, 0.25) is 0 Å². The highest BCUT2D eigenvalue weighted by molar-refractivity contribution is 5.86. The van der Waals surface area contributed by atoms with Crippen molar-refractivity contribution in [3.63, 3.8) is 0 Å². The zero-order valence-electron chi connectivity index (χ0n) is 13.3. The van der Waals surface area contributed by atoms with Gasteiger partial charge in [-0.2, -0.15) is 5.10 Å². The van der Waals surface area contributed by atoms with Crippen molar-refractivity contribution in [2.75, 3.05) is 25.4 Å². The second kappa shape index (κ2) is 5.54. The molecule has 2 aliphatic rings. The Morgan fingerprint density at radius 1 is 1.23 bits per heavy atom. The summed E-state index contributed by atoms with van der Waals surface area (Å²) in [6.45, 7) is 3.70. The van der Waals surface area contributed by atoms with Crippen LogP contribution >= 0.6 is 0 Å². The number of hydrogen-bond acceptors (Lipinski definition) is 4. The van der Waals surface area contributed by atoms with Gasteiger partial charge in [-0.3, -0.25) is 0 Å². The summed E-state index contributed by atoms with van der Waals surface area (Å²) in [4.78, 5) is 7.52. The molecule has 5 heteroatoms. The summed E-state index contributed by atoms with van der Waals surface area (Å²) < 4.78 is 1.79. The number of hydrogen-bond donors (Lipinski definition) is 1. The molecule has 0 radical (unpaired) electrons. The molecular weight excluding hydrogens is 274 g/mol. The van der Waals surface area contributed by atoms with Gasteiger partial charge in [0, 0.05) is 31.7 Å². The highest BCUT2D eigenvalue weighted by Gasteiger charge is 2.26. The summed E-state index contributed by atoms with van der Waals surface area (Å²) in [7, 11) is 1.92. The minimum absolute atomic E-state index is 0.550. The van der Waals surface area contributed by atoms with Crippen molar-refractivity contribution in [1.82, 2.24) is 19.7 Å². The van der Waals surface area contributed by atoms with Crippen LogP contribution in [-0.4, -0.2) is 39.3 Å².